The van der Waals surface area contributed by atoms with Crippen LogP contribution in [0.1, 0.15) is 64.3 Å². The van der Waals surface area contributed by atoms with Crippen molar-refractivity contribution in [1.29, 1.82) is 0 Å². The first-order chi connectivity index (χ1) is 16.6. The Morgan fingerprint density at radius 1 is 0.971 bits per heavy atom. The Morgan fingerprint density at radius 2 is 1.57 bits per heavy atom. The highest BCUT2D eigenvalue weighted by Crippen LogP contribution is 2.40. The van der Waals surface area contributed by atoms with Crippen molar-refractivity contribution in [3.05, 3.63) is 70.8 Å². The zero-order chi connectivity index (χ0) is 25.8. The van der Waals surface area contributed by atoms with Crippen molar-refractivity contribution in [3.63, 3.8) is 0 Å². The minimum absolute atomic E-state index is 0.0224. The summed E-state index contributed by atoms with van der Waals surface area (Å²) in [6, 6.07) is 14.3. The zero-order valence-electron chi connectivity index (χ0n) is 21.8. The van der Waals surface area contributed by atoms with E-state index in [1.54, 1.807) is 29.2 Å². The maximum atomic E-state index is 13.2. The van der Waals surface area contributed by atoms with Crippen molar-refractivity contribution in [2.75, 3.05) is 32.8 Å². The molecule has 1 aliphatic heterocycles. The molecule has 0 spiro atoms. The van der Waals surface area contributed by atoms with E-state index < -0.39 is 17.7 Å². The van der Waals surface area contributed by atoms with Crippen LogP contribution >= 0.6 is 0 Å². The Bertz CT molecular complexity index is 1060. The van der Waals surface area contributed by atoms with Crippen LogP contribution in [0.2, 0.25) is 0 Å². The van der Waals surface area contributed by atoms with Crippen LogP contribution in [0.4, 0.5) is 0 Å². The highest BCUT2D eigenvalue weighted by atomic mass is 16.5. The lowest BCUT2D eigenvalue weighted by atomic mass is 9.85. The number of amides is 1. The second-order valence-corrected chi connectivity index (χ2v) is 9.85. The Labute approximate surface area is 209 Å². The summed E-state index contributed by atoms with van der Waals surface area (Å²) in [5.74, 6) is -0.713. The van der Waals surface area contributed by atoms with Gasteiger partial charge in [0.2, 0.25) is 0 Å². The van der Waals surface area contributed by atoms with Gasteiger partial charge in [0.25, 0.3) is 11.7 Å². The maximum Gasteiger partial charge on any atom is 0.295 e. The number of nitrogens with zero attached hydrogens (tertiary/aromatic N) is 2. The van der Waals surface area contributed by atoms with Gasteiger partial charge in [-0.25, -0.2) is 0 Å². The molecule has 2 aromatic carbocycles. The molecule has 35 heavy (non-hydrogen) atoms. The standard InChI is InChI=1S/C29H38N2O4/c1-7-30(8-2)18-19-31-25(20-10-14-22(15-11-20)29(4,5)6)24(27(33)28(31)34)26(32)21-12-16-23(17-13-21)35-9-3/h10-17,25,32H,7-9,18-19H2,1-6H3/b26-24+/t25-/m0/s1. The molecule has 6 nitrogen and oxygen atoms in total. The van der Waals surface area contributed by atoms with Gasteiger partial charge in [-0.2, -0.15) is 0 Å². The first-order valence-corrected chi connectivity index (χ1v) is 12.5. The third-order valence-corrected chi connectivity index (χ3v) is 6.62. The Morgan fingerprint density at radius 3 is 2.09 bits per heavy atom. The number of Topliss-reactive ketones (excluding diaryl/α,β-unsaturated/α-hetero) is 1. The molecule has 1 atom stereocenters. The van der Waals surface area contributed by atoms with Crippen molar-refractivity contribution < 1.29 is 19.4 Å². The van der Waals surface area contributed by atoms with Gasteiger partial charge in [0.15, 0.2) is 0 Å². The van der Waals surface area contributed by atoms with Crippen molar-refractivity contribution in [2.45, 2.75) is 53.0 Å². The summed E-state index contributed by atoms with van der Waals surface area (Å²) in [6.45, 7) is 15.8. The molecule has 0 unspecified atom stereocenters. The van der Waals surface area contributed by atoms with Gasteiger partial charge in [-0.05, 0) is 60.8 Å². The highest BCUT2D eigenvalue weighted by molar-refractivity contribution is 6.46. The van der Waals surface area contributed by atoms with Gasteiger partial charge < -0.3 is 19.6 Å². The largest absolute Gasteiger partial charge is 0.507 e. The molecule has 0 aliphatic carbocycles. The van der Waals surface area contributed by atoms with Crippen LogP contribution in [-0.2, 0) is 15.0 Å². The lowest BCUT2D eigenvalue weighted by Crippen LogP contribution is -2.38. The summed E-state index contributed by atoms with van der Waals surface area (Å²) in [5, 5.41) is 11.3. The van der Waals surface area contributed by atoms with Crippen LogP contribution in [-0.4, -0.2) is 59.4 Å². The molecule has 1 saturated heterocycles. The average Bonchev–Trinajstić information content (AvgIpc) is 3.09. The number of carbonyl (C=O) groups excluding carboxylic acids is 2. The normalized spacial score (nSPS) is 17.9. The van der Waals surface area contributed by atoms with Crippen LogP contribution in [0.15, 0.2) is 54.1 Å². The number of hydrogen-bond acceptors (Lipinski definition) is 5. The highest BCUT2D eigenvalue weighted by Gasteiger charge is 2.46. The first kappa shape index (κ1) is 26.5. The molecule has 1 heterocycles. The van der Waals surface area contributed by atoms with Gasteiger partial charge in [-0.15, -0.1) is 0 Å². The van der Waals surface area contributed by atoms with Crippen LogP contribution in [0.3, 0.4) is 0 Å². The van der Waals surface area contributed by atoms with Crippen molar-refractivity contribution in [2.24, 2.45) is 0 Å². The zero-order valence-corrected chi connectivity index (χ0v) is 21.8. The second kappa shape index (κ2) is 11.1. The molecule has 2 aromatic rings. The Hall–Kier alpha value is -3.12. The quantitative estimate of drug-likeness (QED) is 0.307. The number of ether oxygens (including phenoxy) is 1. The predicted molar refractivity (Wildman–Crippen MR) is 140 cm³/mol. The molecule has 0 saturated carbocycles. The van der Waals surface area contributed by atoms with Crippen LogP contribution < -0.4 is 4.74 Å². The minimum Gasteiger partial charge on any atom is -0.507 e. The summed E-state index contributed by atoms with van der Waals surface area (Å²) >= 11 is 0. The molecule has 1 aliphatic rings. The van der Waals surface area contributed by atoms with E-state index in [0.717, 1.165) is 24.2 Å². The molecule has 0 bridgehead atoms. The van der Waals surface area contributed by atoms with Crippen LogP contribution in [0.25, 0.3) is 5.76 Å². The third kappa shape index (κ3) is 5.76. The van der Waals surface area contributed by atoms with E-state index >= 15 is 0 Å². The Balaban J connectivity index is 2.08. The van der Waals surface area contributed by atoms with Gasteiger partial charge in [-0.1, -0.05) is 58.9 Å². The van der Waals surface area contributed by atoms with E-state index in [4.69, 9.17) is 4.74 Å². The lowest BCUT2D eigenvalue weighted by molar-refractivity contribution is -0.140. The van der Waals surface area contributed by atoms with Gasteiger partial charge in [-0.3, -0.25) is 9.59 Å². The molecule has 1 fully saturated rings. The number of carbonyl (C=O) groups is 2. The monoisotopic (exact) mass is 478 g/mol. The van der Waals surface area contributed by atoms with E-state index in [1.807, 2.05) is 31.2 Å². The smallest absolute Gasteiger partial charge is 0.295 e. The molecule has 3 rings (SSSR count). The van der Waals surface area contributed by atoms with E-state index in [9.17, 15) is 14.7 Å². The number of aliphatic hydroxyl groups excluding tert-OH is 1. The SMILES string of the molecule is CCOc1ccc(/C(O)=C2\C(=O)C(=O)N(CCN(CC)CC)[C@H]2c2ccc(C(C)(C)C)cc2)cc1. The molecule has 1 amide bonds. The number of rotatable bonds is 9. The number of likely N-dealkylation sites (tertiary alicyclic amines) is 1. The van der Waals surface area contributed by atoms with E-state index in [2.05, 4.69) is 39.5 Å². The number of aliphatic hydroxyl groups is 1. The van der Waals surface area contributed by atoms with Gasteiger partial charge >= 0.3 is 0 Å². The fourth-order valence-corrected chi connectivity index (χ4v) is 4.44. The fraction of sp³-hybridized carbons (Fsp3) is 0.448. The third-order valence-electron chi connectivity index (χ3n) is 6.62. The molecule has 1 N–H and O–H groups in total. The maximum absolute atomic E-state index is 13.2. The van der Waals surface area contributed by atoms with E-state index in [-0.39, 0.29) is 16.7 Å². The lowest BCUT2D eigenvalue weighted by Gasteiger charge is -2.28. The predicted octanol–water partition coefficient (Wildman–Crippen LogP) is 5.15. The second-order valence-electron chi connectivity index (χ2n) is 9.85. The summed E-state index contributed by atoms with van der Waals surface area (Å²) < 4.78 is 5.49. The molecule has 0 aromatic heterocycles. The molecular formula is C29H38N2O4. The first-order valence-electron chi connectivity index (χ1n) is 12.5. The minimum atomic E-state index is -0.652. The molecule has 0 radical (unpaired) electrons. The van der Waals surface area contributed by atoms with Gasteiger partial charge in [0, 0.05) is 18.7 Å². The van der Waals surface area contributed by atoms with Crippen molar-refractivity contribution >= 4 is 17.4 Å². The number of ketones is 1. The summed E-state index contributed by atoms with van der Waals surface area (Å²) in [5.41, 5.74) is 2.55. The molecule has 188 valence electrons. The van der Waals surface area contributed by atoms with Crippen molar-refractivity contribution in [1.82, 2.24) is 9.80 Å². The summed E-state index contributed by atoms with van der Waals surface area (Å²) in [4.78, 5) is 30.2. The Kier molecular flexibility index (Phi) is 8.39. The topological polar surface area (TPSA) is 70.1 Å². The van der Waals surface area contributed by atoms with E-state index in [0.29, 0.717) is 31.0 Å². The average molecular weight is 479 g/mol. The number of likely N-dealkylation sites (N-methyl/N-ethyl adjacent to an activating group) is 1. The van der Waals surface area contributed by atoms with Gasteiger partial charge in [0.1, 0.15) is 11.5 Å². The van der Waals surface area contributed by atoms with Crippen molar-refractivity contribution in [3.8, 4) is 5.75 Å². The van der Waals surface area contributed by atoms with E-state index in [1.165, 1.54) is 0 Å². The summed E-state index contributed by atoms with van der Waals surface area (Å²) in [6.07, 6.45) is 0. The molecule has 6 heteroatoms. The van der Waals surface area contributed by atoms with Crippen LogP contribution in [0.5, 0.6) is 5.75 Å². The number of benzene rings is 2. The summed E-state index contributed by atoms with van der Waals surface area (Å²) in [7, 11) is 0. The fourth-order valence-electron chi connectivity index (χ4n) is 4.44. The molecular weight excluding hydrogens is 440 g/mol. The number of hydrogen-bond donors (Lipinski definition) is 1. The van der Waals surface area contributed by atoms with Crippen LogP contribution in [0, 0.1) is 0 Å². The van der Waals surface area contributed by atoms with Gasteiger partial charge in [0.05, 0.1) is 18.2 Å².